The molecule has 3 aliphatic heterocycles. The second kappa shape index (κ2) is 9.06. The van der Waals surface area contributed by atoms with E-state index in [0.717, 1.165) is 74.4 Å². The summed E-state index contributed by atoms with van der Waals surface area (Å²) < 4.78 is 26.4. The van der Waals surface area contributed by atoms with Gasteiger partial charge in [0.05, 0.1) is 42.3 Å². The van der Waals surface area contributed by atoms with E-state index >= 15 is 0 Å². The van der Waals surface area contributed by atoms with E-state index in [1.165, 1.54) is 32.1 Å². The van der Waals surface area contributed by atoms with Gasteiger partial charge in [-0.25, -0.2) is 18.9 Å². The number of halogens is 1. The third-order valence-corrected chi connectivity index (χ3v) is 8.82. The van der Waals surface area contributed by atoms with Crippen molar-refractivity contribution in [3.8, 4) is 5.69 Å². The number of piperidine rings is 1. The second-order valence-corrected chi connectivity index (χ2v) is 10.9. The summed E-state index contributed by atoms with van der Waals surface area (Å²) in [6.45, 7) is 3.74. The van der Waals surface area contributed by atoms with Crippen LogP contribution in [0.3, 0.4) is 0 Å². The summed E-state index contributed by atoms with van der Waals surface area (Å²) >= 11 is 0. The van der Waals surface area contributed by atoms with Gasteiger partial charge in [-0.1, -0.05) is 6.42 Å². The lowest BCUT2D eigenvalue weighted by Gasteiger charge is -2.41. The topological polar surface area (TPSA) is 72.7 Å². The Bertz CT molecular complexity index is 1330. The Labute approximate surface area is 215 Å². The number of benzene rings is 1. The molecule has 7 rings (SSSR count). The van der Waals surface area contributed by atoms with E-state index in [0.29, 0.717) is 29.8 Å². The number of hydrogen-bond donors (Lipinski definition) is 0. The highest BCUT2D eigenvalue weighted by Gasteiger charge is 2.43. The molecule has 8 nitrogen and oxygen atoms in total. The Morgan fingerprint density at radius 1 is 1.11 bits per heavy atom. The van der Waals surface area contributed by atoms with E-state index in [-0.39, 0.29) is 11.5 Å². The van der Waals surface area contributed by atoms with Crippen LogP contribution in [0.1, 0.15) is 60.6 Å². The molecule has 0 radical (unpaired) electrons. The summed E-state index contributed by atoms with van der Waals surface area (Å²) in [6, 6.07) is 9.29. The summed E-state index contributed by atoms with van der Waals surface area (Å²) in [5.41, 5.74) is 3.65. The third kappa shape index (κ3) is 3.90. The van der Waals surface area contributed by atoms with Crippen molar-refractivity contribution in [2.24, 2.45) is 0 Å². The maximum atomic E-state index is 13.7. The minimum atomic E-state index is -0.469. The predicted octanol–water partition coefficient (Wildman–Crippen LogP) is 4.06. The summed E-state index contributed by atoms with van der Waals surface area (Å²) in [6.07, 6.45) is 7.10. The second-order valence-electron chi connectivity index (χ2n) is 10.9. The molecule has 2 unspecified atom stereocenters. The number of rotatable bonds is 5. The minimum Gasteiger partial charge on any atom is -0.464 e. The summed E-state index contributed by atoms with van der Waals surface area (Å²) in [5.74, 6) is -0.404. The van der Waals surface area contributed by atoms with Gasteiger partial charge in [0.2, 0.25) is 0 Å². The molecule has 3 saturated heterocycles. The van der Waals surface area contributed by atoms with Crippen molar-refractivity contribution in [2.75, 3.05) is 38.3 Å². The van der Waals surface area contributed by atoms with E-state index < -0.39 is 5.97 Å². The lowest BCUT2D eigenvalue weighted by Crippen LogP contribution is -2.49. The first-order valence-corrected chi connectivity index (χ1v) is 13.5. The van der Waals surface area contributed by atoms with Gasteiger partial charge in [0.25, 0.3) is 0 Å². The van der Waals surface area contributed by atoms with Gasteiger partial charge >= 0.3 is 5.97 Å². The molecule has 9 heteroatoms. The SMILES string of the molecule is COC(=O)c1cc(N2CCC(N3CC4CC3CO4)CC2)c2c(C3CCC3)nn(-c3ccc(F)cc3)c2n1. The lowest BCUT2D eigenvalue weighted by atomic mass is 9.82. The van der Waals surface area contributed by atoms with Crippen LogP contribution in [0.25, 0.3) is 16.7 Å². The summed E-state index contributed by atoms with van der Waals surface area (Å²) in [7, 11) is 1.38. The molecule has 4 fully saturated rings. The molecule has 37 heavy (non-hydrogen) atoms. The zero-order chi connectivity index (χ0) is 25.1. The zero-order valence-corrected chi connectivity index (χ0v) is 21.1. The number of ether oxygens (including phenoxy) is 2. The van der Waals surface area contributed by atoms with Gasteiger partial charge in [0.1, 0.15) is 5.82 Å². The van der Waals surface area contributed by atoms with Crippen LogP contribution in [0.15, 0.2) is 30.3 Å². The van der Waals surface area contributed by atoms with E-state index in [2.05, 4.69) is 9.80 Å². The van der Waals surface area contributed by atoms with E-state index in [1.54, 1.807) is 16.8 Å². The van der Waals surface area contributed by atoms with Crippen LogP contribution in [-0.2, 0) is 9.47 Å². The average molecular weight is 506 g/mol. The number of fused-ring (bicyclic) bond motifs is 3. The number of esters is 1. The number of nitrogens with zero attached hydrogens (tertiary/aromatic N) is 5. The average Bonchev–Trinajstić information content (AvgIpc) is 3.63. The number of carbonyl (C=O) groups is 1. The van der Waals surface area contributed by atoms with Crippen LogP contribution in [0.5, 0.6) is 0 Å². The maximum Gasteiger partial charge on any atom is 0.356 e. The highest BCUT2D eigenvalue weighted by atomic mass is 19.1. The largest absolute Gasteiger partial charge is 0.464 e. The smallest absolute Gasteiger partial charge is 0.356 e. The summed E-state index contributed by atoms with van der Waals surface area (Å²) in [4.78, 5) is 22.5. The molecular formula is C28H32FN5O3. The molecule has 1 aromatic carbocycles. The number of anilines is 1. The molecule has 194 valence electrons. The van der Waals surface area contributed by atoms with Crippen molar-refractivity contribution >= 4 is 22.7 Å². The molecule has 5 heterocycles. The van der Waals surface area contributed by atoms with Gasteiger partial charge in [0.15, 0.2) is 11.3 Å². The molecule has 0 amide bonds. The van der Waals surface area contributed by atoms with Crippen LogP contribution in [0.4, 0.5) is 10.1 Å². The predicted molar refractivity (Wildman–Crippen MR) is 137 cm³/mol. The van der Waals surface area contributed by atoms with Gasteiger partial charge in [-0.2, -0.15) is 5.10 Å². The monoisotopic (exact) mass is 505 g/mol. The fourth-order valence-corrected chi connectivity index (χ4v) is 6.63. The first kappa shape index (κ1) is 23.1. The summed E-state index contributed by atoms with van der Waals surface area (Å²) in [5, 5.41) is 6.04. The van der Waals surface area contributed by atoms with Gasteiger partial charge in [-0.05, 0) is 62.4 Å². The number of pyridine rings is 1. The van der Waals surface area contributed by atoms with E-state index in [4.69, 9.17) is 19.6 Å². The number of aromatic nitrogens is 3. The number of likely N-dealkylation sites (tertiary alicyclic amines) is 1. The van der Waals surface area contributed by atoms with Crippen LogP contribution in [-0.4, -0.2) is 77.2 Å². The normalized spacial score (nSPS) is 24.6. The van der Waals surface area contributed by atoms with Crippen molar-refractivity contribution in [1.29, 1.82) is 0 Å². The fourth-order valence-electron chi connectivity index (χ4n) is 6.63. The Morgan fingerprint density at radius 3 is 2.51 bits per heavy atom. The van der Waals surface area contributed by atoms with Gasteiger partial charge < -0.3 is 14.4 Å². The fraction of sp³-hybridized carbons (Fsp3) is 0.536. The molecule has 1 saturated carbocycles. The highest BCUT2D eigenvalue weighted by Crippen LogP contribution is 2.43. The molecule has 2 atom stereocenters. The van der Waals surface area contributed by atoms with Crippen LogP contribution < -0.4 is 4.90 Å². The molecule has 0 N–H and O–H groups in total. The third-order valence-electron chi connectivity index (χ3n) is 8.82. The number of morpholine rings is 1. The van der Waals surface area contributed by atoms with E-state index in [1.807, 2.05) is 6.07 Å². The molecule has 1 aliphatic carbocycles. The van der Waals surface area contributed by atoms with Gasteiger partial charge in [0, 0.05) is 37.6 Å². The Kier molecular flexibility index (Phi) is 5.66. The lowest BCUT2D eigenvalue weighted by molar-refractivity contribution is 0.00662. The Balaban J connectivity index is 1.29. The van der Waals surface area contributed by atoms with Gasteiger partial charge in [-0.15, -0.1) is 0 Å². The van der Waals surface area contributed by atoms with Gasteiger partial charge in [-0.3, -0.25) is 4.90 Å². The van der Waals surface area contributed by atoms with Crippen LogP contribution in [0, 0.1) is 5.82 Å². The standard InChI is InChI=1S/C28H32FN5O3/c1-36-28(35)23-14-24(32-11-9-19(10-12-32)33-15-22-13-21(33)16-37-22)25-26(17-3-2-4-17)31-34(27(25)30-23)20-7-5-18(29)6-8-20/h5-8,14,17,19,21-22H,2-4,9-13,15-16H2,1H3. The van der Waals surface area contributed by atoms with Crippen molar-refractivity contribution in [1.82, 2.24) is 19.7 Å². The van der Waals surface area contributed by atoms with Crippen LogP contribution in [0.2, 0.25) is 0 Å². The first-order valence-electron chi connectivity index (χ1n) is 13.5. The first-order chi connectivity index (χ1) is 18.1. The number of methoxy groups -OCH3 is 1. The van der Waals surface area contributed by atoms with Crippen LogP contribution >= 0.6 is 0 Å². The van der Waals surface area contributed by atoms with Crippen molar-refractivity contribution in [2.45, 2.75) is 62.6 Å². The highest BCUT2D eigenvalue weighted by molar-refractivity contribution is 5.99. The van der Waals surface area contributed by atoms with E-state index in [9.17, 15) is 9.18 Å². The Morgan fingerprint density at radius 2 is 1.89 bits per heavy atom. The molecule has 2 bridgehead atoms. The Hall–Kier alpha value is -3.04. The number of carbonyl (C=O) groups excluding carboxylic acids is 1. The molecule has 3 aromatic rings. The molecule has 2 aromatic heterocycles. The quantitative estimate of drug-likeness (QED) is 0.485. The molecular weight excluding hydrogens is 473 g/mol. The number of hydrogen-bond acceptors (Lipinski definition) is 7. The van der Waals surface area contributed by atoms with Crippen molar-refractivity contribution in [3.05, 3.63) is 47.5 Å². The van der Waals surface area contributed by atoms with Crippen molar-refractivity contribution < 1.29 is 18.7 Å². The zero-order valence-electron chi connectivity index (χ0n) is 21.1. The minimum absolute atomic E-state index is 0.268. The molecule has 4 aliphatic rings. The molecule has 0 spiro atoms. The van der Waals surface area contributed by atoms with Crippen molar-refractivity contribution in [3.63, 3.8) is 0 Å². The maximum absolute atomic E-state index is 13.7.